The summed E-state index contributed by atoms with van der Waals surface area (Å²) in [5, 5.41) is 4.36. The van der Waals surface area contributed by atoms with E-state index in [1.54, 1.807) is 30.5 Å². The zero-order chi connectivity index (χ0) is 26.5. The number of aryl methyl sites for hydroxylation is 1. The molecule has 0 saturated carbocycles. The Bertz CT molecular complexity index is 1510. The van der Waals surface area contributed by atoms with Crippen LogP contribution in [0.5, 0.6) is 17.2 Å². The maximum absolute atomic E-state index is 13.0. The normalized spacial score (nSPS) is 10.9. The quantitative estimate of drug-likeness (QED) is 0.172. The van der Waals surface area contributed by atoms with E-state index in [9.17, 15) is 9.59 Å². The molecule has 188 valence electrons. The van der Waals surface area contributed by atoms with E-state index >= 15 is 0 Å². The first kappa shape index (κ1) is 25.7. The van der Waals surface area contributed by atoms with E-state index in [1.807, 2.05) is 43.3 Å². The number of halogens is 1. The van der Waals surface area contributed by atoms with Gasteiger partial charge in [0, 0.05) is 29.0 Å². The van der Waals surface area contributed by atoms with Crippen LogP contribution in [0.15, 0.2) is 66.9 Å². The number of benzene rings is 3. The molecule has 0 bridgehead atoms. The molecule has 7 nitrogen and oxygen atoms in total. The van der Waals surface area contributed by atoms with Crippen molar-refractivity contribution in [3.63, 3.8) is 0 Å². The minimum Gasteiger partial charge on any atom is -0.493 e. The van der Waals surface area contributed by atoms with Crippen LogP contribution in [0.1, 0.15) is 18.1 Å². The Balaban J connectivity index is 1.70. The molecule has 0 aliphatic heterocycles. The van der Waals surface area contributed by atoms with Crippen LogP contribution in [0.25, 0.3) is 28.1 Å². The lowest BCUT2D eigenvalue weighted by Crippen LogP contribution is -2.10. The first-order valence-corrected chi connectivity index (χ1v) is 11.8. The molecule has 37 heavy (non-hydrogen) atoms. The molecule has 1 heterocycles. The Kier molecular flexibility index (Phi) is 7.74. The van der Waals surface area contributed by atoms with Crippen molar-refractivity contribution in [2.75, 3.05) is 19.5 Å². The van der Waals surface area contributed by atoms with Crippen molar-refractivity contribution in [2.45, 2.75) is 13.8 Å². The van der Waals surface area contributed by atoms with Gasteiger partial charge in [-0.3, -0.25) is 14.6 Å². The minimum atomic E-state index is -0.506. The maximum Gasteiger partial charge on any atom is 0.308 e. The summed E-state index contributed by atoms with van der Waals surface area (Å²) in [5.41, 5.74) is 4.78. The molecule has 1 aromatic heterocycles. The summed E-state index contributed by atoms with van der Waals surface area (Å²) in [5.74, 6) is -0.101. The molecule has 8 heteroatoms. The van der Waals surface area contributed by atoms with Crippen LogP contribution in [-0.4, -0.2) is 31.1 Å². The standard InChI is InChI=1S/C29H25ClN2O5/c1-17-7-5-6-8-21(17)28-22-15-20(30)10-11-23(22)31-16-24(28)32-27(34)12-9-19-13-25(35-3)29(37-18(2)33)26(14-19)36-4/h5-16H,1-4H3,(H,32,34). The Labute approximate surface area is 219 Å². The number of methoxy groups -OCH3 is 2. The van der Waals surface area contributed by atoms with E-state index in [0.29, 0.717) is 27.8 Å². The molecule has 0 spiro atoms. The molecule has 0 saturated heterocycles. The van der Waals surface area contributed by atoms with E-state index in [4.69, 9.17) is 25.8 Å². The van der Waals surface area contributed by atoms with Gasteiger partial charge in [-0.05, 0) is 60.0 Å². The average Bonchev–Trinajstić information content (AvgIpc) is 2.88. The van der Waals surface area contributed by atoms with Crippen LogP contribution in [0.4, 0.5) is 5.69 Å². The van der Waals surface area contributed by atoms with Crippen LogP contribution in [-0.2, 0) is 9.59 Å². The number of nitrogens with one attached hydrogen (secondary N) is 1. The van der Waals surface area contributed by atoms with Crippen molar-refractivity contribution >= 4 is 46.1 Å². The zero-order valence-electron chi connectivity index (χ0n) is 20.8. The van der Waals surface area contributed by atoms with Crippen molar-refractivity contribution < 1.29 is 23.8 Å². The van der Waals surface area contributed by atoms with Crippen molar-refractivity contribution in [3.05, 3.63) is 83.0 Å². The second-order valence-electron chi connectivity index (χ2n) is 8.19. The fourth-order valence-electron chi connectivity index (χ4n) is 3.99. The highest BCUT2D eigenvalue weighted by atomic mass is 35.5. The van der Waals surface area contributed by atoms with Crippen molar-refractivity contribution in [1.29, 1.82) is 0 Å². The van der Waals surface area contributed by atoms with Gasteiger partial charge in [-0.25, -0.2) is 0 Å². The predicted octanol–water partition coefficient (Wildman–Crippen LogP) is 6.46. The summed E-state index contributed by atoms with van der Waals surface area (Å²) in [4.78, 5) is 29.0. The Hall–Kier alpha value is -4.36. The molecular weight excluding hydrogens is 492 g/mol. The highest BCUT2D eigenvalue weighted by Gasteiger charge is 2.17. The number of aromatic nitrogens is 1. The highest BCUT2D eigenvalue weighted by molar-refractivity contribution is 6.31. The number of fused-ring (bicyclic) bond motifs is 1. The lowest BCUT2D eigenvalue weighted by atomic mass is 9.96. The summed E-state index contributed by atoms with van der Waals surface area (Å²) in [7, 11) is 2.90. The lowest BCUT2D eigenvalue weighted by Gasteiger charge is -2.15. The fraction of sp³-hybridized carbons (Fsp3) is 0.138. The Morgan fingerprint density at radius 3 is 2.35 bits per heavy atom. The largest absolute Gasteiger partial charge is 0.493 e. The number of amides is 1. The molecular formula is C29H25ClN2O5. The van der Waals surface area contributed by atoms with Crippen molar-refractivity contribution in [3.8, 4) is 28.4 Å². The molecule has 3 aromatic carbocycles. The summed E-state index contributed by atoms with van der Waals surface area (Å²) in [6.45, 7) is 3.30. The molecule has 1 N–H and O–H groups in total. The number of pyridine rings is 1. The molecule has 4 aromatic rings. The van der Waals surface area contributed by atoms with Gasteiger partial charge in [0.25, 0.3) is 0 Å². The molecule has 0 fully saturated rings. The SMILES string of the molecule is COc1cc(C=CC(=O)Nc2cnc3ccc(Cl)cc3c2-c2ccccc2C)cc(OC)c1OC(C)=O. The van der Waals surface area contributed by atoms with Crippen LogP contribution in [0.3, 0.4) is 0 Å². The van der Waals surface area contributed by atoms with Gasteiger partial charge in [0.15, 0.2) is 11.5 Å². The van der Waals surface area contributed by atoms with Crippen LogP contribution in [0, 0.1) is 6.92 Å². The third-order valence-corrected chi connectivity index (χ3v) is 5.89. The predicted molar refractivity (Wildman–Crippen MR) is 145 cm³/mol. The van der Waals surface area contributed by atoms with E-state index in [1.165, 1.54) is 27.2 Å². The van der Waals surface area contributed by atoms with E-state index in [0.717, 1.165) is 27.6 Å². The smallest absolute Gasteiger partial charge is 0.308 e. The van der Waals surface area contributed by atoms with Crippen LogP contribution < -0.4 is 19.5 Å². The van der Waals surface area contributed by atoms with Crippen molar-refractivity contribution in [1.82, 2.24) is 4.98 Å². The van der Waals surface area contributed by atoms with Crippen LogP contribution >= 0.6 is 11.6 Å². The molecule has 4 rings (SSSR count). The number of nitrogens with zero attached hydrogens (tertiary/aromatic N) is 1. The number of anilines is 1. The lowest BCUT2D eigenvalue weighted by molar-refractivity contribution is -0.132. The van der Waals surface area contributed by atoms with Gasteiger partial charge in [0.2, 0.25) is 11.7 Å². The number of carbonyl (C=O) groups is 2. The molecule has 0 radical (unpaired) electrons. The molecule has 0 aliphatic carbocycles. The van der Waals surface area contributed by atoms with Gasteiger partial charge in [-0.15, -0.1) is 0 Å². The van der Waals surface area contributed by atoms with Crippen LogP contribution in [0.2, 0.25) is 5.02 Å². The molecule has 0 aliphatic rings. The zero-order valence-corrected chi connectivity index (χ0v) is 21.6. The van der Waals surface area contributed by atoms with Gasteiger partial charge in [-0.2, -0.15) is 0 Å². The molecule has 0 atom stereocenters. The molecule has 0 unspecified atom stereocenters. The van der Waals surface area contributed by atoms with Gasteiger partial charge in [0.05, 0.1) is 31.6 Å². The Morgan fingerprint density at radius 1 is 1.00 bits per heavy atom. The van der Waals surface area contributed by atoms with E-state index in [2.05, 4.69) is 10.3 Å². The first-order valence-electron chi connectivity index (χ1n) is 11.4. The van der Waals surface area contributed by atoms with Gasteiger partial charge < -0.3 is 19.5 Å². The number of carbonyl (C=O) groups excluding carboxylic acids is 2. The average molecular weight is 517 g/mol. The maximum atomic E-state index is 13.0. The minimum absolute atomic E-state index is 0.169. The first-order chi connectivity index (χ1) is 17.8. The second-order valence-corrected chi connectivity index (χ2v) is 8.63. The van der Waals surface area contributed by atoms with Crippen molar-refractivity contribution in [2.24, 2.45) is 0 Å². The summed E-state index contributed by atoms with van der Waals surface area (Å²) in [6, 6.07) is 16.7. The van der Waals surface area contributed by atoms with E-state index < -0.39 is 5.97 Å². The topological polar surface area (TPSA) is 86.8 Å². The molecule has 1 amide bonds. The summed E-state index contributed by atoms with van der Waals surface area (Å²) in [6.07, 6.45) is 4.64. The number of rotatable bonds is 7. The monoisotopic (exact) mass is 516 g/mol. The number of hydrogen-bond donors (Lipinski definition) is 1. The fourth-order valence-corrected chi connectivity index (χ4v) is 4.16. The summed E-state index contributed by atoms with van der Waals surface area (Å²) >= 11 is 6.31. The number of hydrogen-bond acceptors (Lipinski definition) is 6. The van der Waals surface area contributed by atoms with Gasteiger partial charge in [-0.1, -0.05) is 35.9 Å². The number of ether oxygens (including phenoxy) is 3. The summed E-state index contributed by atoms with van der Waals surface area (Å²) < 4.78 is 15.9. The van der Waals surface area contributed by atoms with Gasteiger partial charge >= 0.3 is 5.97 Å². The third kappa shape index (κ3) is 5.73. The van der Waals surface area contributed by atoms with Gasteiger partial charge in [0.1, 0.15) is 0 Å². The second kappa shape index (κ2) is 11.1. The highest BCUT2D eigenvalue weighted by Crippen LogP contribution is 2.39. The number of esters is 1. The Morgan fingerprint density at radius 2 is 1.70 bits per heavy atom. The third-order valence-electron chi connectivity index (χ3n) is 5.66. The van der Waals surface area contributed by atoms with E-state index in [-0.39, 0.29) is 11.7 Å².